The van der Waals surface area contributed by atoms with Crippen LogP contribution in [0, 0.1) is 11.3 Å². The third-order valence-electron chi connectivity index (χ3n) is 2.60. The predicted octanol–water partition coefficient (Wildman–Crippen LogP) is 2.64. The summed E-state index contributed by atoms with van der Waals surface area (Å²) in [6, 6.07) is 4.28. The van der Waals surface area contributed by atoms with Gasteiger partial charge >= 0.3 is 6.18 Å². The second kappa shape index (κ2) is 6.91. The van der Waals surface area contributed by atoms with Crippen molar-refractivity contribution >= 4 is 11.6 Å². The maximum absolute atomic E-state index is 12.5. The molecule has 1 aromatic rings. The minimum Gasteiger partial charge on any atom is -0.330 e. The molecule has 0 saturated heterocycles. The predicted molar refractivity (Wildman–Crippen MR) is 67.7 cm³/mol. The van der Waals surface area contributed by atoms with Crippen LogP contribution in [0.15, 0.2) is 18.2 Å². The topological polar surface area (TPSA) is 78.9 Å². The van der Waals surface area contributed by atoms with Crippen LogP contribution < -0.4 is 11.1 Å². The number of amides is 1. The summed E-state index contributed by atoms with van der Waals surface area (Å²) in [4.78, 5) is 11.6. The van der Waals surface area contributed by atoms with Gasteiger partial charge in [0.2, 0.25) is 5.91 Å². The van der Waals surface area contributed by atoms with E-state index in [1.54, 1.807) is 6.07 Å². The van der Waals surface area contributed by atoms with Crippen molar-refractivity contribution in [1.29, 1.82) is 5.26 Å². The zero-order valence-electron chi connectivity index (χ0n) is 10.6. The van der Waals surface area contributed by atoms with Crippen molar-refractivity contribution in [2.24, 2.45) is 5.73 Å². The summed E-state index contributed by atoms with van der Waals surface area (Å²) in [7, 11) is 0. The number of hydrogen-bond donors (Lipinski definition) is 2. The molecule has 0 unspecified atom stereocenters. The fourth-order valence-corrected chi connectivity index (χ4v) is 1.56. The van der Waals surface area contributed by atoms with Gasteiger partial charge in [0.1, 0.15) is 6.07 Å². The number of carbonyl (C=O) groups excluding carboxylic acids is 1. The lowest BCUT2D eigenvalue weighted by molar-refractivity contribution is -0.137. The maximum atomic E-state index is 12.5. The molecule has 0 spiro atoms. The molecule has 0 aromatic heterocycles. The monoisotopic (exact) mass is 285 g/mol. The van der Waals surface area contributed by atoms with Crippen LogP contribution in [0.4, 0.5) is 18.9 Å². The Balaban J connectivity index is 2.81. The van der Waals surface area contributed by atoms with E-state index < -0.39 is 11.7 Å². The summed E-state index contributed by atoms with van der Waals surface area (Å²) in [6.45, 7) is 0.469. The molecule has 0 fully saturated rings. The van der Waals surface area contributed by atoms with Crippen molar-refractivity contribution in [3.63, 3.8) is 0 Å². The number of nitrogens with two attached hydrogens (primary N) is 1. The third kappa shape index (κ3) is 4.55. The van der Waals surface area contributed by atoms with Crippen molar-refractivity contribution in [3.05, 3.63) is 29.3 Å². The highest BCUT2D eigenvalue weighted by molar-refractivity contribution is 5.92. The van der Waals surface area contributed by atoms with Gasteiger partial charge in [0.05, 0.1) is 16.8 Å². The molecular formula is C13H14F3N3O. The quantitative estimate of drug-likeness (QED) is 0.816. The van der Waals surface area contributed by atoms with Gasteiger partial charge in [-0.1, -0.05) is 0 Å². The molecule has 0 radical (unpaired) electrons. The van der Waals surface area contributed by atoms with Gasteiger partial charge in [0, 0.05) is 6.42 Å². The van der Waals surface area contributed by atoms with Crippen LogP contribution in [0.2, 0.25) is 0 Å². The second-order valence-corrected chi connectivity index (χ2v) is 4.16. The minimum absolute atomic E-state index is 0.0817. The fourth-order valence-electron chi connectivity index (χ4n) is 1.56. The molecule has 108 valence electrons. The van der Waals surface area contributed by atoms with Crippen LogP contribution in [-0.2, 0) is 11.0 Å². The first-order chi connectivity index (χ1) is 9.38. The molecule has 4 nitrogen and oxygen atoms in total. The molecule has 1 aromatic carbocycles. The number of halogens is 3. The van der Waals surface area contributed by atoms with Crippen molar-refractivity contribution < 1.29 is 18.0 Å². The smallest absolute Gasteiger partial charge is 0.330 e. The summed E-state index contributed by atoms with van der Waals surface area (Å²) in [5, 5.41) is 11.3. The van der Waals surface area contributed by atoms with Crippen molar-refractivity contribution in [3.8, 4) is 6.07 Å². The number of nitriles is 1. The zero-order chi connectivity index (χ0) is 15.2. The lowest BCUT2D eigenvalue weighted by Gasteiger charge is -2.10. The van der Waals surface area contributed by atoms with E-state index in [1.165, 1.54) is 0 Å². The molecular weight excluding hydrogens is 271 g/mol. The van der Waals surface area contributed by atoms with Gasteiger partial charge in [-0.05, 0) is 37.6 Å². The van der Waals surface area contributed by atoms with E-state index >= 15 is 0 Å². The number of nitrogens with zero attached hydrogens (tertiary/aromatic N) is 1. The second-order valence-electron chi connectivity index (χ2n) is 4.16. The van der Waals surface area contributed by atoms with Crippen LogP contribution in [0.25, 0.3) is 0 Å². The van der Waals surface area contributed by atoms with Crippen LogP contribution in [0.1, 0.15) is 30.4 Å². The lowest BCUT2D eigenvalue weighted by atomic mass is 10.1. The van der Waals surface area contributed by atoms with Crippen LogP contribution in [0.3, 0.4) is 0 Å². The SMILES string of the molecule is N#Cc1cc(C(F)(F)F)ccc1NC(=O)CCCCN. The van der Waals surface area contributed by atoms with Crippen molar-refractivity contribution in [2.45, 2.75) is 25.4 Å². The average Bonchev–Trinajstić information content (AvgIpc) is 2.38. The summed E-state index contributed by atoms with van der Waals surface area (Å²) < 4.78 is 37.5. The molecule has 0 saturated carbocycles. The Hall–Kier alpha value is -2.07. The standard InChI is InChI=1S/C13H14F3N3O/c14-13(15,16)10-4-5-11(9(7-10)8-18)19-12(20)3-1-2-6-17/h4-5,7H,1-3,6,17H2,(H,19,20). The van der Waals surface area contributed by atoms with E-state index in [2.05, 4.69) is 5.32 Å². The van der Waals surface area contributed by atoms with Crippen LogP contribution in [0.5, 0.6) is 0 Å². The van der Waals surface area contributed by atoms with Crippen molar-refractivity contribution in [2.75, 3.05) is 11.9 Å². The minimum atomic E-state index is -4.52. The number of rotatable bonds is 5. The third-order valence-corrected chi connectivity index (χ3v) is 2.60. The summed E-state index contributed by atoms with van der Waals surface area (Å²) >= 11 is 0. The lowest BCUT2D eigenvalue weighted by Crippen LogP contribution is -2.14. The van der Waals surface area contributed by atoms with Crippen LogP contribution in [-0.4, -0.2) is 12.5 Å². The first-order valence-corrected chi connectivity index (χ1v) is 5.99. The molecule has 1 rings (SSSR count). The highest BCUT2D eigenvalue weighted by atomic mass is 19.4. The van der Waals surface area contributed by atoms with E-state index in [9.17, 15) is 18.0 Å². The van der Waals surface area contributed by atoms with E-state index in [-0.39, 0.29) is 23.6 Å². The normalized spacial score (nSPS) is 10.9. The molecule has 7 heteroatoms. The average molecular weight is 285 g/mol. The number of hydrogen-bond acceptors (Lipinski definition) is 3. The molecule has 0 aliphatic heterocycles. The Morgan fingerprint density at radius 3 is 2.60 bits per heavy atom. The van der Waals surface area contributed by atoms with Gasteiger partial charge in [0.15, 0.2) is 0 Å². The Labute approximate surface area is 114 Å². The summed E-state index contributed by atoms with van der Waals surface area (Å²) in [6.07, 6.45) is -3.03. The van der Waals surface area contributed by atoms with Gasteiger partial charge in [-0.25, -0.2) is 0 Å². The van der Waals surface area contributed by atoms with Gasteiger partial charge in [-0.15, -0.1) is 0 Å². The number of nitrogens with one attached hydrogen (secondary N) is 1. The summed E-state index contributed by atoms with van der Waals surface area (Å²) in [5.41, 5.74) is 4.23. The Bertz CT molecular complexity index is 521. The molecule has 20 heavy (non-hydrogen) atoms. The Morgan fingerprint density at radius 2 is 2.05 bits per heavy atom. The molecule has 0 bridgehead atoms. The summed E-state index contributed by atoms with van der Waals surface area (Å²) in [5.74, 6) is -0.352. The highest BCUT2D eigenvalue weighted by Crippen LogP contribution is 2.31. The van der Waals surface area contributed by atoms with E-state index in [1.807, 2.05) is 0 Å². The van der Waals surface area contributed by atoms with E-state index in [0.717, 1.165) is 18.2 Å². The van der Waals surface area contributed by atoms with Gasteiger partial charge in [-0.2, -0.15) is 18.4 Å². The number of unbranched alkanes of at least 4 members (excludes halogenated alkanes) is 1. The van der Waals surface area contributed by atoms with Crippen LogP contribution >= 0.6 is 0 Å². The van der Waals surface area contributed by atoms with Gasteiger partial charge < -0.3 is 11.1 Å². The van der Waals surface area contributed by atoms with Gasteiger partial charge in [0.25, 0.3) is 0 Å². The molecule has 1 amide bonds. The molecule has 0 heterocycles. The number of anilines is 1. The Kier molecular flexibility index (Phi) is 5.53. The molecule has 3 N–H and O–H groups in total. The number of alkyl halides is 3. The first kappa shape index (κ1) is 16.0. The fraction of sp³-hybridized carbons (Fsp3) is 0.385. The maximum Gasteiger partial charge on any atom is 0.416 e. The molecule has 0 aliphatic carbocycles. The largest absolute Gasteiger partial charge is 0.416 e. The first-order valence-electron chi connectivity index (χ1n) is 5.99. The van der Waals surface area contributed by atoms with Gasteiger partial charge in [-0.3, -0.25) is 4.79 Å². The van der Waals surface area contributed by atoms with E-state index in [4.69, 9.17) is 11.0 Å². The number of carbonyl (C=O) groups is 1. The Morgan fingerprint density at radius 1 is 1.35 bits per heavy atom. The molecule has 0 atom stereocenters. The molecule has 0 aliphatic rings. The van der Waals surface area contributed by atoms with Crippen molar-refractivity contribution in [1.82, 2.24) is 0 Å². The highest BCUT2D eigenvalue weighted by Gasteiger charge is 2.31. The van der Waals surface area contributed by atoms with E-state index in [0.29, 0.717) is 19.4 Å². The zero-order valence-corrected chi connectivity index (χ0v) is 10.6. The number of benzene rings is 1.